The molecule has 16 heavy (non-hydrogen) atoms. The van der Waals surface area contributed by atoms with Crippen LogP contribution < -0.4 is 10.5 Å². The van der Waals surface area contributed by atoms with Gasteiger partial charge < -0.3 is 15.6 Å². The van der Waals surface area contributed by atoms with E-state index in [4.69, 9.17) is 10.8 Å². The summed E-state index contributed by atoms with van der Waals surface area (Å²) in [4.78, 5) is 30.5. The molecule has 8 nitrogen and oxygen atoms in total. The van der Waals surface area contributed by atoms with Crippen LogP contribution >= 0.6 is 0 Å². The second-order valence-electron chi connectivity index (χ2n) is 2.68. The lowest BCUT2D eigenvalue weighted by Crippen LogP contribution is -2.05. The minimum absolute atomic E-state index is 0.00699. The van der Waals surface area contributed by atoms with Crippen LogP contribution in [0.25, 0.3) is 0 Å². The molecule has 0 radical (unpaired) electrons. The molecule has 0 aliphatic carbocycles. The van der Waals surface area contributed by atoms with Gasteiger partial charge in [-0.25, -0.2) is 4.79 Å². The van der Waals surface area contributed by atoms with Crippen LogP contribution in [0.5, 0.6) is 5.75 Å². The normalized spacial score (nSPS) is 9.50. The van der Waals surface area contributed by atoms with Crippen molar-refractivity contribution < 1.29 is 24.4 Å². The number of nitrogens with two attached hydrogens (primary N) is 1. The van der Waals surface area contributed by atoms with Gasteiger partial charge in [-0.15, -0.1) is 0 Å². The van der Waals surface area contributed by atoms with E-state index in [1.807, 2.05) is 0 Å². The van der Waals surface area contributed by atoms with Crippen molar-refractivity contribution in [3.8, 4) is 5.75 Å². The molecule has 0 heterocycles. The first kappa shape index (κ1) is 11.4. The number of rotatable bonds is 4. The Morgan fingerprint density at radius 1 is 1.56 bits per heavy atom. The van der Waals surface area contributed by atoms with E-state index in [0.29, 0.717) is 0 Å². The van der Waals surface area contributed by atoms with Gasteiger partial charge >= 0.3 is 5.97 Å². The van der Waals surface area contributed by atoms with Gasteiger partial charge in [0.15, 0.2) is 0 Å². The summed E-state index contributed by atoms with van der Waals surface area (Å²) in [7, 11) is 0. The Morgan fingerprint density at radius 2 is 2.19 bits per heavy atom. The zero-order valence-electron chi connectivity index (χ0n) is 7.75. The molecule has 0 unspecified atom stereocenters. The van der Waals surface area contributed by atoms with E-state index in [9.17, 15) is 19.7 Å². The standard InChI is InChI=1S/C8H6N2O6/c9-5-2-7(16-3-11)4(8(12)13)1-6(5)10(14)15/h1-3H,9H2,(H,12,13). The van der Waals surface area contributed by atoms with E-state index in [2.05, 4.69) is 4.74 Å². The molecule has 0 aliphatic rings. The number of anilines is 1. The molecule has 0 spiro atoms. The van der Waals surface area contributed by atoms with E-state index < -0.39 is 22.1 Å². The van der Waals surface area contributed by atoms with Gasteiger partial charge in [-0.3, -0.25) is 14.9 Å². The van der Waals surface area contributed by atoms with Gasteiger partial charge in [0.25, 0.3) is 12.2 Å². The van der Waals surface area contributed by atoms with E-state index in [1.165, 1.54) is 0 Å². The SMILES string of the molecule is Nc1cc(OC=O)c(C(=O)O)cc1[N+](=O)[O-]. The molecule has 1 rings (SSSR count). The van der Waals surface area contributed by atoms with Crippen LogP contribution in [-0.4, -0.2) is 22.5 Å². The number of carbonyl (C=O) groups excluding carboxylic acids is 1. The Bertz CT molecular complexity index is 470. The van der Waals surface area contributed by atoms with E-state index in [1.54, 1.807) is 0 Å². The van der Waals surface area contributed by atoms with Crippen LogP contribution in [-0.2, 0) is 4.79 Å². The lowest BCUT2D eigenvalue weighted by molar-refractivity contribution is -0.383. The number of nitro benzene ring substituents is 1. The summed E-state index contributed by atoms with van der Waals surface area (Å²) in [6.07, 6.45) is 0. The largest absolute Gasteiger partial charge is 0.478 e. The van der Waals surface area contributed by atoms with Crippen LogP contribution in [0.2, 0.25) is 0 Å². The van der Waals surface area contributed by atoms with Crippen LogP contribution in [0, 0.1) is 10.1 Å². The number of nitrogens with zero attached hydrogens (tertiary/aromatic N) is 1. The Balaban J connectivity index is 3.42. The average Bonchev–Trinajstić information content (AvgIpc) is 2.17. The first-order valence-electron chi connectivity index (χ1n) is 3.89. The minimum atomic E-state index is -1.46. The average molecular weight is 226 g/mol. The highest BCUT2D eigenvalue weighted by atomic mass is 16.6. The molecule has 8 heteroatoms. The summed E-state index contributed by atoms with van der Waals surface area (Å²) < 4.78 is 4.35. The second-order valence-corrected chi connectivity index (χ2v) is 2.68. The third kappa shape index (κ3) is 2.05. The molecular weight excluding hydrogens is 220 g/mol. The molecule has 0 saturated heterocycles. The van der Waals surface area contributed by atoms with E-state index in [-0.39, 0.29) is 17.9 Å². The Kier molecular flexibility index (Phi) is 3.04. The number of hydrogen-bond acceptors (Lipinski definition) is 6. The minimum Gasteiger partial charge on any atom is -0.478 e. The summed E-state index contributed by atoms with van der Waals surface area (Å²) in [5.41, 5.74) is 3.94. The molecular formula is C8H6N2O6. The van der Waals surface area contributed by atoms with Crippen molar-refractivity contribution in [2.24, 2.45) is 0 Å². The van der Waals surface area contributed by atoms with Crippen molar-refractivity contribution in [1.29, 1.82) is 0 Å². The maximum absolute atomic E-state index is 10.7. The monoisotopic (exact) mass is 226 g/mol. The fourth-order valence-corrected chi connectivity index (χ4v) is 1.06. The lowest BCUT2D eigenvalue weighted by atomic mass is 10.1. The Labute approximate surface area is 88.4 Å². The van der Waals surface area contributed by atoms with Crippen molar-refractivity contribution in [1.82, 2.24) is 0 Å². The van der Waals surface area contributed by atoms with Gasteiger partial charge in [0.2, 0.25) is 0 Å². The van der Waals surface area contributed by atoms with Gasteiger partial charge in [-0.1, -0.05) is 0 Å². The first-order valence-corrected chi connectivity index (χ1v) is 3.89. The van der Waals surface area contributed by atoms with Crippen LogP contribution in [0.15, 0.2) is 12.1 Å². The number of benzene rings is 1. The second kappa shape index (κ2) is 4.26. The molecule has 0 aromatic heterocycles. The summed E-state index contributed by atoms with van der Waals surface area (Å²) >= 11 is 0. The van der Waals surface area contributed by atoms with Crippen molar-refractivity contribution in [2.75, 3.05) is 5.73 Å². The predicted molar refractivity (Wildman–Crippen MR) is 51.2 cm³/mol. The van der Waals surface area contributed by atoms with Crippen LogP contribution in [0.1, 0.15) is 10.4 Å². The number of carbonyl (C=O) groups is 2. The highest BCUT2D eigenvalue weighted by Gasteiger charge is 2.20. The van der Waals surface area contributed by atoms with Crippen molar-refractivity contribution in [3.05, 3.63) is 27.8 Å². The third-order valence-electron chi connectivity index (χ3n) is 1.73. The summed E-state index contributed by atoms with van der Waals surface area (Å²) in [5, 5.41) is 19.2. The summed E-state index contributed by atoms with van der Waals surface area (Å²) in [6, 6.07) is 1.65. The number of nitro groups is 1. The number of nitrogen functional groups attached to an aromatic ring is 1. The molecule has 0 atom stereocenters. The van der Waals surface area contributed by atoms with Gasteiger partial charge in [0.05, 0.1) is 4.92 Å². The zero-order chi connectivity index (χ0) is 12.3. The number of hydrogen-bond donors (Lipinski definition) is 2. The highest BCUT2D eigenvalue weighted by molar-refractivity contribution is 5.93. The quantitative estimate of drug-likeness (QED) is 0.328. The molecule has 0 aliphatic heterocycles. The van der Waals surface area contributed by atoms with Crippen molar-refractivity contribution >= 4 is 23.8 Å². The molecule has 0 bridgehead atoms. The number of ether oxygens (including phenoxy) is 1. The van der Waals surface area contributed by atoms with Crippen molar-refractivity contribution in [3.63, 3.8) is 0 Å². The van der Waals surface area contributed by atoms with Crippen molar-refractivity contribution in [2.45, 2.75) is 0 Å². The molecule has 0 saturated carbocycles. The maximum Gasteiger partial charge on any atom is 0.339 e. The molecule has 84 valence electrons. The lowest BCUT2D eigenvalue weighted by Gasteiger charge is -2.04. The summed E-state index contributed by atoms with van der Waals surface area (Å²) in [5.74, 6) is -1.80. The van der Waals surface area contributed by atoms with Gasteiger partial charge in [0.1, 0.15) is 17.0 Å². The Morgan fingerprint density at radius 3 is 2.62 bits per heavy atom. The summed E-state index contributed by atoms with van der Waals surface area (Å²) in [6.45, 7) is 0.00699. The topological polar surface area (TPSA) is 133 Å². The third-order valence-corrected chi connectivity index (χ3v) is 1.73. The fourth-order valence-electron chi connectivity index (χ4n) is 1.06. The predicted octanol–water partition coefficient (Wildman–Crippen LogP) is 0.410. The van der Waals surface area contributed by atoms with Crippen LogP contribution in [0.4, 0.5) is 11.4 Å². The molecule has 1 aromatic rings. The van der Waals surface area contributed by atoms with E-state index >= 15 is 0 Å². The smallest absolute Gasteiger partial charge is 0.339 e. The number of aromatic carboxylic acids is 1. The molecule has 3 N–H and O–H groups in total. The molecule has 1 aromatic carbocycles. The van der Waals surface area contributed by atoms with Crippen LogP contribution in [0.3, 0.4) is 0 Å². The maximum atomic E-state index is 10.7. The van der Waals surface area contributed by atoms with E-state index in [0.717, 1.165) is 12.1 Å². The van der Waals surface area contributed by atoms with Gasteiger partial charge in [0, 0.05) is 12.1 Å². The first-order chi connectivity index (χ1) is 7.47. The zero-order valence-corrected chi connectivity index (χ0v) is 7.75. The highest BCUT2D eigenvalue weighted by Crippen LogP contribution is 2.30. The fraction of sp³-hybridized carbons (Fsp3) is 0. The van der Waals surface area contributed by atoms with Gasteiger partial charge in [-0.05, 0) is 0 Å². The Hall–Kier alpha value is -2.64. The molecule has 0 fully saturated rings. The van der Waals surface area contributed by atoms with Gasteiger partial charge in [-0.2, -0.15) is 0 Å². The molecule has 0 amide bonds. The number of carboxylic acids is 1. The number of carboxylic acid groups (broad SMARTS) is 1.